The van der Waals surface area contributed by atoms with E-state index in [1.54, 1.807) is 25.1 Å². The van der Waals surface area contributed by atoms with Crippen LogP contribution in [0.1, 0.15) is 18.4 Å². The van der Waals surface area contributed by atoms with Crippen LogP contribution in [0.25, 0.3) is 0 Å². The van der Waals surface area contributed by atoms with Gasteiger partial charge in [-0.15, -0.1) is 0 Å². The molecule has 128 valence electrons. The molecule has 1 aliphatic carbocycles. The van der Waals surface area contributed by atoms with Gasteiger partial charge in [0.15, 0.2) is 9.84 Å². The third-order valence-electron chi connectivity index (χ3n) is 4.99. The van der Waals surface area contributed by atoms with Gasteiger partial charge >= 0.3 is 0 Å². The molecule has 0 radical (unpaired) electrons. The molecule has 8 heteroatoms. The van der Waals surface area contributed by atoms with E-state index in [9.17, 15) is 16.8 Å². The summed E-state index contributed by atoms with van der Waals surface area (Å²) in [6, 6.07) is 6.95. The summed E-state index contributed by atoms with van der Waals surface area (Å²) in [6.07, 6.45) is 1.19. The maximum Gasteiger partial charge on any atom is 0.267 e. The minimum atomic E-state index is -3.50. The summed E-state index contributed by atoms with van der Waals surface area (Å²) >= 11 is 0. The summed E-state index contributed by atoms with van der Waals surface area (Å²) in [4.78, 5) is 0.351. The van der Waals surface area contributed by atoms with E-state index >= 15 is 0 Å². The Morgan fingerprint density at radius 2 is 1.87 bits per heavy atom. The van der Waals surface area contributed by atoms with Crippen molar-refractivity contribution in [2.75, 3.05) is 19.4 Å². The number of sulfone groups is 1. The number of benzene rings is 1. The summed E-state index contributed by atoms with van der Waals surface area (Å²) in [5.74, 6) is -0.0702. The second-order valence-corrected chi connectivity index (χ2v) is 10.4. The second kappa shape index (κ2) is 5.54. The van der Waals surface area contributed by atoms with E-state index in [0.717, 1.165) is 12.7 Å². The summed E-state index contributed by atoms with van der Waals surface area (Å²) in [5, 5.41) is 2.41. The number of aryl methyl sites for hydroxylation is 1. The number of rotatable bonds is 5. The van der Waals surface area contributed by atoms with Crippen LogP contribution in [0.2, 0.25) is 0 Å². The largest absolute Gasteiger partial charge is 0.300 e. The first-order chi connectivity index (χ1) is 10.7. The summed E-state index contributed by atoms with van der Waals surface area (Å²) in [6.45, 7) is 2.40. The average molecular weight is 359 g/mol. The molecule has 1 aliphatic heterocycles. The first-order valence-electron chi connectivity index (χ1n) is 7.51. The minimum absolute atomic E-state index is 0.0309. The second-order valence-electron chi connectivity index (χ2n) is 6.60. The zero-order valence-electron chi connectivity index (χ0n) is 13.2. The molecule has 1 atom stereocenters. The van der Waals surface area contributed by atoms with Gasteiger partial charge in [0.05, 0.1) is 17.8 Å². The highest BCUT2D eigenvalue weighted by Gasteiger charge is 2.60. The molecule has 2 aliphatic rings. The van der Waals surface area contributed by atoms with Crippen molar-refractivity contribution in [3.05, 3.63) is 29.8 Å². The van der Waals surface area contributed by atoms with Gasteiger partial charge in [-0.3, -0.25) is 9.50 Å². The van der Waals surface area contributed by atoms with Crippen LogP contribution in [-0.2, 0) is 24.1 Å². The Balaban J connectivity index is 1.76. The Labute approximate surface area is 137 Å². The minimum Gasteiger partial charge on any atom is -0.300 e. The predicted octanol–water partition coefficient (Wildman–Crippen LogP) is 1.07. The van der Waals surface area contributed by atoms with E-state index in [-0.39, 0.29) is 17.1 Å². The van der Waals surface area contributed by atoms with Crippen LogP contribution in [0.3, 0.4) is 0 Å². The van der Waals surface area contributed by atoms with Gasteiger partial charge in [0, 0.05) is 12.0 Å². The quantitative estimate of drug-likeness (QED) is 0.791. The average Bonchev–Trinajstić information content (AvgIpc) is 2.40. The van der Waals surface area contributed by atoms with E-state index in [1.165, 1.54) is 0 Å². The van der Waals surface area contributed by atoms with Gasteiger partial charge in [-0.2, -0.15) is 8.42 Å². The normalized spacial score (nSPS) is 30.7. The third kappa shape index (κ3) is 2.82. The highest BCUT2D eigenvalue weighted by molar-refractivity contribution is 7.92. The van der Waals surface area contributed by atoms with Gasteiger partial charge in [0.1, 0.15) is 5.37 Å². The zero-order valence-corrected chi connectivity index (χ0v) is 14.8. The Hall–Kier alpha value is -0.960. The van der Waals surface area contributed by atoms with Crippen LogP contribution in [-0.4, -0.2) is 41.6 Å². The molecule has 0 aromatic heterocycles. The predicted molar refractivity (Wildman–Crippen MR) is 86.1 cm³/mol. The zero-order chi connectivity index (χ0) is 16.9. The first-order valence-corrected chi connectivity index (χ1v) is 10.6. The molecule has 1 unspecified atom stereocenters. The smallest absolute Gasteiger partial charge is 0.267 e. The number of hydrogen-bond donors (Lipinski definition) is 1. The number of nitrogens with one attached hydrogen (secondary N) is 1. The van der Waals surface area contributed by atoms with Gasteiger partial charge < -0.3 is 0 Å². The molecular weight excluding hydrogens is 338 g/mol. The third-order valence-corrected chi connectivity index (χ3v) is 8.74. The lowest BCUT2D eigenvalue weighted by molar-refractivity contribution is -0.00965. The van der Waals surface area contributed by atoms with Crippen LogP contribution in [0, 0.1) is 18.3 Å². The molecule has 0 amide bonds. The lowest BCUT2D eigenvalue weighted by Crippen LogP contribution is -2.70. The van der Waals surface area contributed by atoms with Crippen LogP contribution in [0.5, 0.6) is 0 Å². The molecule has 3 rings (SSSR count). The van der Waals surface area contributed by atoms with Gasteiger partial charge in [-0.05, 0) is 37.3 Å². The van der Waals surface area contributed by atoms with Crippen molar-refractivity contribution in [1.29, 1.82) is 0 Å². The molecule has 1 saturated carbocycles. The van der Waals surface area contributed by atoms with Crippen molar-refractivity contribution in [2.24, 2.45) is 11.3 Å². The molecule has 1 N–H and O–H groups in total. The van der Waals surface area contributed by atoms with Crippen molar-refractivity contribution in [1.82, 2.24) is 5.32 Å². The van der Waals surface area contributed by atoms with Gasteiger partial charge in [0.2, 0.25) is 0 Å². The fourth-order valence-electron chi connectivity index (χ4n) is 3.84. The topological polar surface area (TPSA) is 89.5 Å². The lowest BCUT2D eigenvalue weighted by atomic mass is 9.59. The fourth-order valence-corrected chi connectivity index (χ4v) is 7.06. The van der Waals surface area contributed by atoms with Crippen molar-refractivity contribution in [2.45, 2.75) is 30.0 Å². The molecule has 0 bridgehead atoms. The highest BCUT2D eigenvalue weighted by Crippen LogP contribution is 2.54. The van der Waals surface area contributed by atoms with E-state index < -0.39 is 25.3 Å². The fraction of sp³-hybridized carbons (Fsp3) is 0.600. The number of hydrogen-bond acceptors (Lipinski definition) is 6. The molecule has 23 heavy (non-hydrogen) atoms. The van der Waals surface area contributed by atoms with Crippen LogP contribution >= 0.6 is 0 Å². The molecular formula is C15H21NO5S2. The lowest BCUT2D eigenvalue weighted by Gasteiger charge is -2.58. The van der Waals surface area contributed by atoms with Crippen LogP contribution in [0.4, 0.5) is 0 Å². The molecule has 1 spiro atoms. The van der Waals surface area contributed by atoms with E-state index in [2.05, 4.69) is 9.50 Å². The Bertz CT molecular complexity index is 810. The Morgan fingerprint density at radius 1 is 1.22 bits per heavy atom. The summed E-state index contributed by atoms with van der Waals surface area (Å²) in [7, 11) is -5.81. The van der Waals surface area contributed by atoms with Crippen molar-refractivity contribution >= 4 is 20.0 Å². The molecule has 1 aromatic rings. The van der Waals surface area contributed by atoms with Crippen LogP contribution in [0.15, 0.2) is 29.2 Å². The molecule has 2 fully saturated rings. The highest BCUT2D eigenvalue weighted by atomic mass is 32.2. The van der Waals surface area contributed by atoms with Gasteiger partial charge in [-0.25, -0.2) is 8.42 Å². The van der Waals surface area contributed by atoms with Crippen molar-refractivity contribution in [3.8, 4) is 0 Å². The standard InChI is InChI=1S/C15H21NO5S2/c1-11-5-3-4-6-13(11)23(19,20)14-15(10-16-14)7-12(8-15)9-22(17,18)21-2/h3-6,12,14,16H,7-10H2,1-2H3. The summed E-state index contributed by atoms with van der Waals surface area (Å²) in [5.41, 5.74) is 0.392. The van der Waals surface area contributed by atoms with Gasteiger partial charge in [0.25, 0.3) is 10.1 Å². The maximum atomic E-state index is 12.9. The van der Waals surface area contributed by atoms with Gasteiger partial charge in [-0.1, -0.05) is 18.2 Å². The Morgan fingerprint density at radius 3 is 2.39 bits per heavy atom. The summed E-state index contributed by atoms with van der Waals surface area (Å²) < 4.78 is 53.3. The van der Waals surface area contributed by atoms with E-state index in [0.29, 0.717) is 24.3 Å². The first kappa shape index (κ1) is 16.9. The molecule has 1 aromatic carbocycles. The van der Waals surface area contributed by atoms with Crippen molar-refractivity contribution in [3.63, 3.8) is 0 Å². The van der Waals surface area contributed by atoms with Crippen LogP contribution < -0.4 is 5.32 Å². The van der Waals surface area contributed by atoms with E-state index in [1.807, 2.05) is 6.07 Å². The monoisotopic (exact) mass is 359 g/mol. The molecule has 1 saturated heterocycles. The van der Waals surface area contributed by atoms with E-state index in [4.69, 9.17) is 0 Å². The Kier molecular flexibility index (Phi) is 4.07. The molecule has 6 nitrogen and oxygen atoms in total. The van der Waals surface area contributed by atoms with Crippen molar-refractivity contribution < 1.29 is 21.0 Å². The SMILES string of the molecule is COS(=O)(=O)CC1CC2(CNC2S(=O)(=O)c2ccccc2C)C1. The maximum absolute atomic E-state index is 12.9. The molecule has 1 heterocycles.